The van der Waals surface area contributed by atoms with Crippen LogP contribution in [-0.2, 0) is 11.2 Å². The minimum Gasteiger partial charge on any atom is -0.481 e. The molecule has 0 amide bonds. The van der Waals surface area contributed by atoms with Gasteiger partial charge in [0.1, 0.15) is 0 Å². The van der Waals surface area contributed by atoms with E-state index >= 15 is 0 Å². The molecular formula is C9H14N2O2S. The first-order valence-electron chi connectivity index (χ1n) is 4.54. The number of hydrogen-bond donors (Lipinski definition) is 2. The molecular weight excluding hydrogens is 200 g/mol. The fraction of sp³-hybridized carbons (Fsp3) is 0.556. The summed E-state index contributed by atoms with van der Waals surface area (Å²) in [5.41, 5.74) is 7.92. The van der Waals surface area contributed by atoms with E-state index in [0.29, 0.717) is 19.4 Å². The molecule has 1 rings (SSSR count). The summed E-state index contributed by atoms with van der Waals surface area (Å²) in [7, 11) is 0. The van der Waals surface area contributed by atoms with Crippen LogP contribution in [0.5, 0.6) is 0 Å². The first-order chi connectivity index (χ1) is 6.74. The molecule has 1 unspecified atom stereocenters. The van der Waals surface area contributed by atoms with E-state index in [-0.39, 0.29) is 5.92 Å². The number of carboxylic acids is 1. The number of aliphatic carboxylic acids is 1. The Morgan fingerprint density at radius 2 is 2.50 bits per heavy atom. The van der Waals surface area contributed by atoms with Crippen molar-refractivity contribution in [2.45, 2.75) is 19.3 Å². The summed E-state index contributed by atoms with van der Waals surface area (Å²) in [6, 6.07) is 0. The number of nitrogens with two attached hydrogens (primary N) is 1. The number of aromatic nitrogens is 1. The number of hydrogen-bond acceptors (Lipinski definition) is 4. The lowest BCUT2D eigenvalue weighted by Gasteiger charge is -2.09. The van der Waals surface area contributed by atoms with Crippen LogP contribution in [0.3, 0.4) is 0 Å². The number of rotatable bonds is 6. The zero-order chi connectivity index (χ0) is 10.4. The maximum absolute atomic E-state index is 10.9. The number of carboxylic acid groups (broad SMARTS) is 1. The molecule has 1 atom stereocenters. The summed E-state index contributed by atoms with van der Waals surface area (Å²) in [4.78, 5) is 14.9. The molecule has 1 aromatic rings. The van der Waals surface area contributed by atoms with Gasteiger partial charge in [-0.05, 0) is 19.4 Å². The molecule has 1 aromatic heterocycles. The minimum absolute atomic E-state index is 0.347. The van der Waals surface area contributed by atoms with Crippen LogP contribution in [0.15, 0.2) is 10.9 Å². The standard InChI is InChI=1S/C9H14N2O2S/c10-3-1-2-7(9(12)13)4-8-5-14-6-11-8/h5-7H,1-4,10H2,(H,12,13). The second-order valence-corrected chi connectivity index (χ2v) is 3.87. The second kappa shape index (κ2) is 5.72. The van der Waals surface area contributed by atoms with Crippen LogP contribution in [0.25, 0.3) is 0 Å². The molecule has 0 aliphatic rings. The highest BCUT2D eigenvalue weighted by Crippen LogP contribution is 2.14. The van der Waals surface area contributed by atoms with Gasteiger partial charge >= 0.3 is 5.97 Å². The predicted molar refractivity (Wildman–Crippen MR) is 55.2 cm³/mol. The van der Waals surface area contributed by atoms with E-state index in [9.17, 15) is 4.79 Å². The van der Waals surface area contributed by atoms with Gasteiger partial charge < -0.3 is 10.8 Å². The van der Waals surface area contributed by atoms with E-state index < -0.39 is 5.97 Å². The van der Waals surface area contributed by atoms with Gasteiger partial charge in [-0.1, -0.05) is 0 Å². The Balaban J connectivity index is 2.47. The third-order valence-electron chi connectivity index (χ3n) is 2.04. The largest absolute Gasteiger partial charge is 0.481 e. The van der Waals surface area contributed by atoms with Crippen molar-refractivity contribution >= 4 is 17.3 Å². The van der Waals surface area contributed by atoms with E-state index in [1.807, 2.05) is 5.38 Å². The Bertz CT molecular complexity index is 274. The zero-order valence-corrected chi connectivity index (χ0v) is 8.67. The van der Waals surface area contributed by atoms with Crippen molar-refractivity contribution in [2.75, 3.05) is 6.54 Å². The van der Waals surface area contributed by atoms with Gasteiger partial charge in [0.05, 0.1) is 17.1 Å². The third-order valence-corrected chi connectivity index (χ3v) is 2.68. The highest BCUT2D eigenvalue weighted by atomic mass is 32.1. The molecule has 78 valence electrons. The summed E-state index contributed by atoms with van der Waals surface area (Å²) in [5, 5.41) is 10.8. The van der Waals surface area contributed by atoms with Crippen LogP contribution >= 0.6 is 11.3 Å². The molecule has 0 radical (unpaired) electrons. The second-order valence-electron chi connectivity index (χ2n) is 3.15. The molecule has 4 nitrogen and oxygen atoms in total. The summed E-state index contributed by atoms with van der Waals surface area (Å²) >= 11 is 1.49. The molecule has 0 fully saturated rings. The Kier molecular flexibility index (Phi) is 4.55. The van der Waals surface area contributed by atoms with Gasteiger partial charge in [-0.2, -0.15) is 0 Å². The van der Waals surface area contributed by atoms with Crippen molar-refractivity contribution < 1.29 is 9.90 Å². The van der Waals surface area contributed by atoms with Crippen LogP contribution in [-0.4, -0.2) is 22.6 Å². The van der Waals surface area contributed by atoms with Gasteiger partial charge in [-0.3, -0.25) is 4.79 Å². The van der Waals surface area contributed by atoms with Crippen molar-refractivity contribution in [3.05, 3.63) is 16.6 Å². The molecule has 0 aromatic carbocycles. The molecule has 0 spiro atoms. The highest BCUT2D eigenvalue weighted by Gasteiger charge is 2.17. The van der Waals surface area contributed by atoms with Crippen LogP contribution in [0.4, 0.5) is 0 Å². The van der Waals surface area contributed by atoms with Crippen LogP contribution in [0.1, 0.15) is 18.5 Å². The molecule has 0 bridgehead atoms. The van der Waals surface area contributed by atoms with Crippen LogP contribution in [0.2, 0.25) is 0 Å². The Hall–Kier alpha value is -0.940. The monoisotopic (exact) mass is 214 g/mol. The summed E-state index contributed by atoms with van der Waals surface area (Å²) < 4.78 is 0. The lowest BCUT2D eigenvalue weighted by Crippen LogP contribution is -2.18. The van der Waals surface area contributed by atoms with Crippen molar-refractivity contribution in [3.8, 4) is 0 Å². The molecule has 0 saturated carbocycles. The van der Waals surface area contributed by atoms with Gasteiger partial charge in [0, 0.05) is 11.8 Å². The van der Waals surface area contributed by atoms with Crippen LogP contribution in [0, 0.1) is 5.92 Å². The minimum atomic E-state index is -0.758. The van der Waals surface area contributed by atoms with E-state index in [1.54, 1.807) is 5.51 Å². The molecule has 5 heteroatoms. The fourth-order valence-electron chi connectivity index (χ4n) is 1.27. The molecule has 0 aliphatic heterocycles. The fourth-order valence-corrected chi connectivity index (χ4v) is 1.84. The normalized spacial score (nSPS) is 12.6. The van der Waals surface area contributed by atoms with Crippen molar-refractivity contribution in [1.29, 1.82) is 0 Å². The Labute approximate surface area is 86.8 Å². The molecule has 1 heterocycles. The van der Waals surface area contributed by atoms with E-state index in [4.69, 9.17) is 10.8 Å². The average molecular weight is 214 g/mol. The number of carbonyl (C=O) groups is 1. The summed E-state index contributed by atoms with van der Waals surface area (Å²) in [6.45, 7) is 0.543. The Morgan fingerprint density at radius 3 is 3.00 bits per heavy atom. The zero-order valence-electron chi connectivity index (χ0n) is 7.85. The van der Waals surface area contributed by atoms with Gasteiger partial charge in [0.15, 0.2) is 0 Å². The Morgan fingerprint density at radius 1 is 1.71 bits per heavy atom. The van der Waals surface area contributed by atoms with Crippen molar-refractivity contribution in [1.82, 2.24) is 4.98 Å². The molecule has 14 heavy (non-hydrogen) atoms. The van der Waals surface area contributed by atoms with Crippen LogP contribution < -0.4 is 5.73 Å². The summed E-state index contributed by atoms with van der Waals surface area (Å²) in [6.07, 6.45) is 1.89. The molecule has 0 saturated heterocycles. The van der Waals surface area contributed by atoms with Gasteiger partial charge in [0.2, 0.25) is 0 Å². The maximum Gasteiger partial charge on any atom is 0.306 e. The van der Waals surface area contributed by atoms with Crippen molar-refractivity contribution in [3.63, 3.8) is 0 Å². The first-order valence-corrected chi connectivity index (χ1v) is 5.48. The van der Waals surface area contributed by atoms with Gasteiger partial charge in [-0.25, -0.2) is 4.98 Å². The van der Waals surface area contributed by atoms with Gasteiger partial charge in [0.25, 0.3) is 0 Å². The lowest BCUT2D eigenvalue weighted by molar-refractivity contribution is -0.142. The van der Waals surface area contributed by atoms with E-state index in [1.165, 1.54) is 11.3 Å². The topological polar surface area (TPSA) is 76.2 Å². The number of thiazole rings is 1. The first kappa shape index (κ1) is 11.1. The smallest absolute Gasteiger partial charge is 0.306 e. The highest BCUT2D eigenvalue weighted by molar-refractivity contribution is 7.07. The predicted octanol–water partition coefficient (Wildman–Crippen LogP) is 1.13. The third kappa shape index (κ3) is 3.43. The average Bonchev–Trinajstić information content (AvgIpc) is 2.64. The maximum atomic E-state index is 10.9. The van der Waals surface area contributed by atoms with E-state index in [0.717, 1.165) is 12.1 Å². The summed E-state index contributed by atoms with van der Waals surface area (Å²) in [5.74, 6) is -1.10. The van der Waals surface area contributed by atoms with Crippen molar-refractivity contribution in [2.24, 2.45) is 11.7 Å². The lowest BCUT2D eigenvalue weighted by atomic mass is 9.98. The molecule has 3 N–H and O–H groups in total. The van der Waals surface area contributed by atoms with E-state index in [2.05, 4.69) is 4.98 Å². The SMILES string of the molecule is NCCCC(Cc1cscn1)C(=O)O. The van der Waals surface area contributed by atoms with Gasteiger partial charge in [-0.15, -0.1) is 11.3 Å². The number of nitrogens with zero attached hydrogens (tertiary/aromatic N) is 1. The quantitative estimate of drug-likeness (QED) is 0.744. The molecule has 0 aliphatic carbocycles.